The van der Waals surface area contributed by atoms with Crippen LogP contribution in [0.4, 0.5) is 11.4 Å². The molecule has 23 heavy (non-hydrogen) atoms. The second kappa shape index (κ2) is 6.69. The van der Waals surface area contributed by atoms with E-state index in [-0.39, 0.29) is 12.0 Å². The Bertz CT molecular complexity index is 679. The number of carbonyl (C=O) groups excluding carboxylic acids is 1. The first-order chi connectivity index (χ1) is 11.1. The van der Waals surface area contributed by atoms with E-state index in [4.69, 9.17) is 4.74 Å². The van der Waals surface area contributed by atoms with Crippen LogP contribution in [0.2, 0.25) is 0 Å². The number of benzene rings is 1. The molecule has 1 aliphatic carbocycles. The Kier molecular flexibility index (Phi) is 4.46. The average molecular weight is 311 g/mol. The minimum Gasteiger partial charge on any atom is -0.491 e. The van der Waals surface area contributed by atoms with Crippen LogP contribution in [-0.2, 0) is 0 Å². The first kappa shape index (κ1) is 15.3. The maximum Gasteiger partial charge on any atom is 0.274 e. The fourth-order valence-corrected chi connectivity index (χ4v) is 2.19. The highest BCUT2D eigenvalue weighted by Crippen LogP contribution is 2.24. The summed E-state index contributed by atoms with van der Waals surface area (Å²) >= 11 is 0. The SMILES string of the molecule is CC(C)Oc1ccc(NC(=O)c2cc(NC3CC3)ccn2)cc1. The molecule has 0 saturated heterocycles. The largest absolute Gasteiger partial charge is 0.491 e. The van der Waals surface area contributed by atoms with E-state index >= 15 is 0 Å². The zero-order chi connectivity index (χ0) is 16.2. The summed E-state index contributed by atoms with van der Waals surface area (Å²) in [6.45, 7) is 3.95. The zero-order valence-electron chi connectivity index (χ0n) is 13.4. The fourth-order valence-electron chi connectivity index (χ4n) is 2.19. The second-order valence-electron chi connectivity index (χ2n) is 5.99. The Morgan fingerprint density at radius 3 is 2.57 bits per heavy atom. The van der Waals surface area contributed by atoms with Gasteiger partial charge >= 0.3 is 0 Å². The molecule has 0 radical (unpaired) electrons. The molecule has 5 heteroatoms. The summed E-state index contributed by atoms with van der Waals surface area (Å²) < 4.78 is 5.58. The molecule has 0 atom stereocenters. The third-order valence-electron chi connectivity index (χ3n) is 3.42. The third kappa shape index (κ3) is 4.45. The Labute approximate surface area is 136 Å². The highest BCUT2D eigenvalue weighted by Gasteiger charge is 2.21. The normalized spacial score (nSPS) is 13.7. The van der Waals surface area contributed by atoms with Gasteiger partial charge in [-0.1, -0.05) is 0 Å². The number of aromatic nitrogens is 1. The van der Waals surface area contributed by atoms with E-state index in [0.29, 0.717) is 17.4 Å². The van der Waals surface area contributed by atoms with Gasteiger partial charge in [0.2, 0.25) is 0 Å². The van der Waals surface area contributed by atoms with Gasteiger partial charge in [0.15, 0.2) is 0 Å². The molecule has 1 aliphatic rings. The van der Waals surface area contributed by atoms with E-state index in [1.54, 1.807) is 12.3 Å². The lowest BCUT2D eigenvalue weighted by Gasteiger charge is -2.11. The van der Waals surface area contributed by atoms with E-state index in [0.717, 1.165) is 11.4 Å². The van der Waals surface area contributed by atoms with Gasteiger partial charge in [-0.25, -0.2) is 0 Å². The monoisotopic (exact) mass is 311 g/mol. The summed E-state index contributed by atoms with van der Waals surface area (Å²) in [4.78, 5) is 16.4. The topological polar surface area (TPSA) is 63.2 Å². The molecule has 5 nitrogen and oxygen atoms in total. The number of hydrogen-bond donors (Lipinski definition) is 2. The lowest BCUT2D eigenvalue weighted by Crippen LogP contribution is -2.14. The summed E-state index contributed by atoms with van der Waals surface area (Å²) in [5.41, 5.74) is 2.06. The van der Waals surface area contributed by atoms with Crippen molar-refractivity contribution in [1.82, 2.24) is 4.98 Å². The number of amides is 1. The molecule has 2 N–H and O–H groups in total. The minimum atomic E-state index is -0.220. The molecular weight excluding hydrogens is 290 g/mol. The van der Waals surface area contributed by atoms with Crippen molar-refractivity contribution in [3.8, 4) is 5.75 Å². The summed E-state index contributed by atoms with van der Waals surface area (Å²) in [6.07, 6.45) is 4.16. The van der Waals surface area contributed by atoms with Crippen LogP contribution in [0.25, 0.3) is 0 Å². The van der Waals surface area contributed by atoms with E-state index < -0.39 is 0 Å². The average Bonchev–Trinajstić information content (AvgIpc) is 3.33. The number of hydrogen-bond acceptors (Lipinski definition) is 4. The highest BCUT2D eigenvalue weighted by atomic mass is 16.5. The molecule has 1 aromatic carbocycles. The summed E-state index contributed by atoms with van der Waals surface area (Å²) in [5.74, 6) is 0.564. The van der Waals surface area contributed by atoms with Gasteiger partial charge in [0.05, 0.1) is 6.10 Å². The number of ether oxygens (including phenoxy) is 1. The lowest BCUT2D eigenvalue weighted by atomic mass is 10.2. The van der Waals surface area contributed by atoms with Crippen molar-refractivity contribution in [3.63, 3.8) is 0 Å². The fraction of sp³-hybridized carbons (Fsp3) is 0.333. The van der Waals surface area contributed by atoms with Crippen molar-refractivity contribution < 1.29 is 9.53 Å². The smallest absolute Gasteiger partial charge is 0.274 e. The maximum absolute atomic E-state index is 12.3. The van der Waals surface area contributed by atoms with Gasteiger partial charge in [0.1, 0.15) is 11.4 Å². The molecule has 0 aliphatic heterocycles. The number of nitrogens with zero attached hydrogens (tertiary/aromatic N) is 1. The van der Waals surface area contributed by atoms with Crippen molar-refractivity contribution in [1.29, 1.82) is 0 Å². The molecule has 120 valence electrons. The molecule has 1 fully saturated rings. The maximum atomic E-state index is 12.3. The highest BCUT2D eigenvalue weighted by molar-refractivity contribution is 6.03. The van der Waals surface area contributed by atoms with Crippen LogP contribution in [0, 0.1) is 0 Å². The number of pyridine rings is 1. The molecule has 0 bridgehead atoms. The number of rotatable bonds is 6. The van der Waals surface area contributed by atoms with E-state index in [9.17, 15) is 4.79 Å². The number of nitrogens with one attached hydrogen (secondary N) is 2. The van der Waals surface area contributed by atoms with Crippen LogP contribution >= 0.6 is 0 Å². The first-order valence-corrected chi connectivity index (χ1v) is 7.91. The standard InChI is InChI=1S/C18H21N3O2/c1-12(2)23-16-7-5-14(6-8-16)21-18(22)17-11-15(9-10-19-17)20-13-3-4-13/h5-13H,3-4H2,1-2H3,(H,19,20)(H,21,22). The third-order valence-corrected chi connectivity index (χ3v) is 3.42. The van der Waals surface area contributed by atoms with Gasteiger partial charge in [-0.15, -0.1) is 0 Å². The predicted molar refractivity (Wildman–Crippen MR) is 91.0 cm³/mol. The van der Waals surface area contributed by atoms with Crippen LogP contribution in [0.5, 0.6) is 5.75 Å². The van der Waals surface area contributed by atoms with Gasteiger partial charge in [0, 0.05) is 23.6 Å². The summed E-state index contributed by atoms with van der Waals surface area (Å²) in [5, 5.41) is 6.21. The van der Waals surface area contributed by atoms with Gasteiger partial charge in [-0.05, 0) is 63.1 Å². The van der Waals surface area contributed by atoms with E-state index in [1.165, 1.54) is 12.8 Å². The Morgan fingerprint density at radius 2 is 1.91 bits per heavy atom. The molecule has 1 heterocycles. The van der Waals surface area contributed by atoms with Crippen molar-refractivity contribution in [3.05, 3.63) is 48.3 Å². The van der Waals surface area contributed by atoms with Crippen molar-refractivity contribution in [2.45, 2.75) is 38.8 Å². The Balaban J connectivity index is 1.63. The number of anilines is 2. The molecule has 1 amide bonds. The quantitative estimate of drug-likeness (QED) is 0.854. The summed E-state index contributed by atoms with van der Waals surface area (Å²) in [7, 11) is 0. The Morgan fingerprint density at radius 1 is 1.17 bits per heavy atom. The van der Waals surface area contributed by atoms with Crippen LogP contribution < -0.4 is 15.4 Å². The molecule has 0 unspecified atom stereocenters. The van der Waals surface area contributed by atoms with Gasteiger partial charge in [-0.2, -0.15) is 0 Å². The van der Waals surface area contributed by atoms with Crippen LogP contribution in [0.1, 0.15) is 37.2 Å². The zero-order valence-corrected chi connectivity index (χ0v) is 13.4. The molecular formula is C18H21N3O2. The van der Waals surface area contributed by atoms with E-state index in [2.05, 4.69) is 15.6 Å². The van der Waals surface area contributed by atoms with Gasteiger partial charge in [-0.3, -0.25) is 9.78 Å². The molecule has 1 saturated carbocycles. The van der Waals surface area contributed by atoms with Crippen LogP contribution in [-0.4, -0.2) is 23.0 Å². The van der Waals surface area contributed by atoms with Crippen molar-refractivity contribution in [2.75, 3.05) is 10.6 Å². The van der Waals surface area contributed by atoms with Crippen LogP contribution in [0.3, 0.4) is 0 Å². The molecule has 3 rings (SSSR count). The minimum absolute atomic E-state index is 0.126. The molecule has 1 aromatic heterocycles. The van der Waals surface area contributed by atoms with Gasteiger partial charge in [0.25, 0.3) is 5.91 Å². The number of carbonyl (C=O) groups is 1. The predicted octanol–water partition coefficient (Wildman–Crippen LogP) is 3.70. The Hall–Kier alpha value is -2.56. The van der Waals surface area contributed by atoms with Crippen LogP contribution in [0.15, 0.2) is 42.6 Å². The van der Waals surface area contributed by atoms with Crippen molar-refractivity contribution >= 4 is 17.3 Å². The second-order valence-corrected chi connectivity index (χ2v) is 5.99. The van der Waals surface area contributed by atoms with E-state index in [1.807, 2.05) is 44.2 Å². The summed E-state index contributed by atoms with van der Waals surface area (Å²) in [6, 6.07) is 11.5. The lowest BCUT2D eigenvalue weighted by molar-refractivity contribution is 0.102. The van der Waals surface area contributed by atoms with Gasteiger partial charge < -0.3 is 15.4 Å². The first-order valence-electron chi connectivity index (χ1n) is 7.91. The van der Waals surface area contributed by atoms with Crippen molar-refractivity contribution in [2.24, 2.45) is 0 Å². The molecule has 2 aromatic rings. The molecule has 0 spiro atoms.